The predicted molar refractivity (Wildman–Crippen MR) is 93.9 cm³/mol. The number of likely N-dealkylation sites (tertiary alicyclic amines) is 1. The lowest BCUT2D eigenvalue weighted by atomic mass is 9.76. The Bertz CT molecular complexity index is 857. The summed E-state index contributed by atoms with van der Waals surface area (Å²) in [5.41, 5.74) is -0.863. The number of fused-ring (bicyclic) bond motifs is 4. The van der Waals surface area contributed by atoms with Gasteiger partial charge in [-0.15, -0.1) is 0 Å². The molecule has 0 aromatic heterocycles. The highest BCUT2D eigenvalue weighted by Gasteiger charge is 2.71. The molecule has 3 N–H and O–H groups in total. The van der Waals surface area contributed by atoms with Gasteiger partial charge in [-0.3, -0.25) is 24.6 Å². The number of anilines is 1. The van der Waals surface area contributed by atoms with Gasteiger partial charge in [0.25, 0.3) is 0 Å². The lowest BCUT2D eigenvalue weighted by Gasteiger charge is -2.31. The van der Waals surface area contributed by atoms with Crippen molar-refractivity contribution in [1.82, 2.24) is 10.2 Å². The second-order valence-electron chi connectivity index (χ2n) is 7.67. The van der Waals surface area contributed by atoms with E-state index in [1.165, 1.54) is 30.0 Å². The molecule has 6 atom stereocenters. The molecule has 2 saturated heterocycles. The lowest BCUT2D eigenvalue weighted by Crippen LogP contribution is -2.55. The molecule has 8 heteroatoms. The van der Waals surface area contributed by atoms with Crippen LogP contribution >= 0.6 is 0 Å². The molecular weight excluding hydrogens is 353 g/mol. The van der Waals surface area contributed by atoms with Gasteiger partial charge in [0, 0.05) is 23.3 Å². The number of aliphatic hydroxyl groups is 1. The number of hydrogen-bond acceptors (Lipinski definition) is 5. The fraction of sp³-hybridized carbons (Fsp3) is 0.526. The highest BCUT2D eigenvalue weighted by atomic mass is 19.1. The second kappa shape index (κ2) is 5.84. The van der Waals surface area contributed by atoms with E-state index in [0.29, 0.717) is 17.7 Å². The fourth-order valence-corrected chi connectivity index (χ4v) is 4.76. The van der Waals surface area contributed by atoms with Crippen molar-refractivity contribution < 1.29 is 23.9 Å². The van der Waals surface area contributed by atoms with Crippen molar-refractivity contribution in [2.45, 2.75) is 50.9 Å². The van der Waals surface area contributed by atoms with E-state index in [2.05, 4.69) is 10.6 Å². The van der Waals surface area contributed by atoms with Gasteiger partial charge >= 0.3 is 0 Å². The van der Waals surface area contributed by atoms with Crippen molar-refractivity contribution in [3.05, 3.63) is 29.6 Å². The summed E-state index contributed by atoms with van der Waals surface area (Å²) in [5, 5.41) is 16.0. The monoisotopic (exact) mass is 375 g/mol. The van der Waals surface area contributed by atoms with Crippen LogP contribution in [0.15, 0.2) is 18.2 Å². The van der Waals surface area contributed by atoms with Crippen LogP contribution in [0, 0.1) is 17.7 Å². The van der Waals surface area contributed by atoms with E-state index in [-0.39, 0.29) is 6.04 Å². The van der Waals surface area contributed by atoms with Crippen LogP contribution in [0.3, 0.4) is 0 Å². The van der Waals surface area contributed by atoms with Crippen LogP contribution in [0.5, 0.6) is 0 Å². The quantitative estimate of drug-likeness (QED) is 0.677. The Morgan fingerprint density at radius 1 is 1.26 bits per heavy atom. The summed E-state index contributed by atoms with van der Waals surface area (Å²) in [5.74, 6) is -3.81. The molecule has 0 unspecified atom stereocenters. The highest BCUT2D eigenvalue weighted by molar-refractivity contribution is 6.15. The van der Waals surface area contributed by atoms with Crippen molar-refractivity contribution in [2.75, 3.05) is 5.32 Å². The summed E-state index contributed by atoms with van der Waals surface area (Å²) in [7, 11) is 0. The number of carbonyl (C=O) groups excluding carboxylic acids is 3. The minimum Gasteiger partial charge on any atom is -0.392 e. The minimum atomic E-state index is -1.57. The van der Waals surface area contributed by atoms with Gasteiger partial charge in [-0.25, -0.2) is 4.39 Å². The molecule has 0 aliphatic carbocycles. The predicted octanol–water partition coefficient (Wildman–Crippen LogP) is 0.725. The number of amides is 3. The standard InChI is InChI=1S/C19H22FN3O4/c1-4-8(2)23-16(25)13-14(17(23)26)19(22-15(13)9(3)24)11-7-10(20)5-6-12(11)21-18(19)27/h5-9,13-15,22,24H,4H2,1-3H3,(H,21,27)/t8-,9-,13-,14-,15-,19-/m0/s1. The van der Waals surface area contributed by atoms with Crippen molar-refractivity contribution in [1.29, 1.82) is 0 Å². The normalized spacial score (nSPS) is 34.0. The van der Waals surface area contributed by atoms with Gasteiger partial charge in [0.05, 0.1) is 17.9 Å². The number of aliphatic hydroxyl groups excluding tert-OH is 1. The molecule has 1 aromatic rings. The van der Waals surface area contributed by atoms with E-state index in [1.807, 2.05) is 6.92 Å². The van der Waals surface area contributed by atoms with Crippen LogP contribution in [0.25, 0.3) is 0 Å². The Morgan fingerprint density at radius 3 is 2.59 bits per heavy atom. The number of nitrogens with one attached hydrogen (secondary N) is 2. The van der Waals surface area contributed by atoms with Gasteiger partial charge in [0.2, 0.25) is 17.7 Å². The average Bonchev–Trinajstić information content (AvgIpc) is 3.20. The molecule has 3 heterocycles. The van der Waals surface area contributed by atoms with Crippen LogP contribution < -0.4 is 10.6 Å². The van der Waals surface area contributed by atoms with Gasteiger partial charge in [-0.1, -0.05) is 6.92 Å². The van der Waals surface area contributed by atoms with E-state index in [0.717, 1.165) is 0 Å². The Hall–Kier alpha value is -2.32. The molecule has 3 aliphatic heterocycles. The maximum Gasteiger partial charge on any atom is 0.250 e. The first-order chi connectivity index (χ1) is 12.7. The molecule has 0 bridgehead atoms. The Kier molecular flexibility index (Phi) is 3.91. The SMILES string of the molecule is CC[C@H](C)N1C(=O)[C@@H]2[C@H]([C@H](C)O)N[C@]3(C(=O)Nc4ccc(F)cc43)[C@@H]2C1=O. The van der Waals surface area contributed by atoms with Crippen molar-refractivity contribution in [2.24, 2.45) is 11.8 Å². The summed E-state index contributed by atoms with van der Waals surface area (Å²) in [6.07, 6.45) is -0.399. The van der Waals surface area contributed by atoms with Gasteiger partial charge in [0.15, 0.2) is 0 Å². The molecule has 4 rings (SSSR count). The molecule has 144 valence electrons. The van der Waals surface area contributed by atoms with Crippen molar-refractivity contribution >= 4 is 23.4 Å². The molecule has 7 nitrogen and oxygen atoms in total. The number of carbonyl (C=O) groups is 3. The Labute approximate surface area is 155 Å². The molecule has 3 amide bonds. The van der Waals surface area contributed by atoms with Gasteiger partial charge in [-0.2, -0.15) is 0 Å². The maximum absolute atomic E-state index is 14.0. The lowest BCUT2D eigenvalue weighted by molar-refractivity contribution is -0.145. The third-order valence-electron chi connectivity index (χ3n) is 6.20. The summed E-state index contributed by atoms with van der Waals surface area (Å²) >= 11 is 0. The second-order valence-corrected chi connectivity index (χ2v) is 7.67. The third-order valence-corrected chi connectivity index (χ3v) is 6.20. The smallest absolute Gasteiger partial charge is 0.250 e. The number of benzene rings is 1. The largest absolute Gasteiger partial charge is 0.392 e. The van der Waals surface area contributed by atoms with Gasteiger partial charge in [-0.05, 0) is 38.5 Å². The summed E-state index contributed by atoms with van der Waals surface area (Å²) in [6, 6.07) is 2.77. The van der Waals surface area contributed by atoms with Crippen LogP contribution in [0.4, 0.5) is 10.1 Å². The zero-order valence-electron chi connectivity index (χ0n) is 15.3. The Balaban J connectivity index is 1.92. The van der Waals surface area contributed by atoms with Crippen LogP contribution in [0.1, 0.15) is 32.8 Å². The van der Waals surface area contributed by atoms with Gasteiger partial charge < -0.3 is 10.4 Å². The van der Waals surface area contributed by atoms with Crippen molar-refractivity contribution in [3.63, 3.8) is 0 Å². The highest BCUT2D eigenvalue weighted by Crippen LogP contribution is 2.53. The van der Waals surface area contributed by atoms with E-state index >= 15 is 0 Å². The Morgan fingerprint density at radius 2 is 1.96 bits per heavy atom. The average molecular weight is 375 g/mol. The van der Waals surface area contributed by atoms with Crippen LogP contribution in [-0.4, -0.2) is 45.9 Å². The molecule has 27 heavy (non-hydrogen) atoms. The summed E-state index contributed by atoms with van der Waals surface area (Å²) in [4.78, 5) is 40.6. The molecule has 1 aromatic carbocycles. The van der Waals surface area contributed by atoms with Crippen molar-refractivity contribution in [3.8, 4) is 0 Å². The number of halogens is 1. The van der Waals surface area contributed by atoms with E-state index in [9.17, 15) is 23.9 Å². The van der Waals surface area contributed by atoms with E-state index in [1.54, 1.807) is 6.92 Å². The van der Waals surface area contributed by atoms with E-state index < -0.39 is 53.1 Å². The minimum absolute atomic E-state index is 0.304. The summed E-state index contributed by atoms with van der Waals surface area (Å²) < 4.78 is 14.0. The number of rotatable bonds is 3. The summed E-state index contributed by atoms with van der Waals surface area (Å²) in [6.45, 7) is 5.15. The first-order valence-corrected chi connectivity index (χ1v) is 9.18. The molecule has 0 radical (unpaired) electrons. The molecule has 0 saturated carbocycles. The number of hydrogen-bond donors (Lipinski definition) is 3. The zero-order chi connectivity index (χ0) is 19.7. The van der Waals surface area contributed by atoms with Crippen LogP contribution in [0.2, 0.25) is 0 Å². The molecular formula is C19H22FN3O4. The van der Waals surface area contributed by atoms with Crippen LogP contribution in [-0.2, 0) is 19.9 Å². The van der Waals surface area contributed by atoms with E-state index in [4.69, 9.17) is 0 Å². The first-order valence-electron chi connectivity index (χ1n) is 9.18. The zero-order valence-corrected chi connectivity index (χ0v) is 15.3. The molecule has 2 fully saturated rings. The molecule has 3 aliphatic rings. The number of imide groups is 1. The first kappa shape index (κ1) is 18.1. The maximum atomic E-state index is 14.0. The molecule has 1 spiro atoms. The number of nitrogens with zero attached hydrogens (tertiary/aromatic N) is 1. The third kappa shape index (κ3) is 2.17. The fourth-order valence-electron chi connectivity index (χ4n) is 4.76. The van der Waals surface area contributed by atoms with Gasteiger partial charge in [0.1, 0.15) is 11.4 Å². The topological polar surface area (TPSA) is 98.7 Å².